The number of nitrogens with one attached hydrogen (secondary N) is 1. The zero-order chi connectivity index (χ0) is 81.8. The minimum Gasteiger partial charge on any atom is -0.493 e. The van der Waals surface area contributed by atoms with Crippen molar-refractivity contribution in [2.75, 3.05) is 44.2 Å². The molecule has 66 radical (unpaired) electrons. The van der Waals surface area contributed by atoms with Crippen molar-refractivity contribution in [1.29, 1.82) is 0 Å². The van der Waals surface area contributed by atoms with Crippen LogP contribution in [0.15, 0.2) is 82.1 Å². The first kappa shape index (κ1) is 99.4. The molecule has 10 nitrogen and oxygen atoms in total. The predicted octanol–water partition coefficient (Wildman–Crippen LogP) is -17.2. The molecular formula is C34H36B64N4O6. The van der Waals surface area contributed by atoms with E-state index in [1.165, 1.54) is 19.8 Å². The maximum Gasteiger partial charge on any atom is 0.413 e. The van der Waals surface area contributed by atoms with Gasteiger partial charge in [0.05, 0.1) is 38.8 Å². The molecule has 108 heavy (non-hydrogen) atoms. The Labute approximate surface area is 704 Å². The number of rotatable bonds is 35. The average Bonchev–Trinajstić information content (AvgIpc) is 0.793. The minimum absolute atomic E-state index is 0.363. The van der Waals surface area contributed by atoms with Crippen molar-refractivity contribution >= 4 is 500 Å². The van der Waals surface area contributed by atoms with Crippen LogP contribution < -0.4 is 19.7 Å². The predicted molar refractivity (Wildman–Crippen MR) is 541 cm³/mol. The van der Waals surface area contributed by atoms with E-state index in [-0.39, 0.29) is 6.09 Å². The van der Waals surface area contributed by atoms with Gasteiger partial charge in [0.1, 0.15) is 11.5 Å². The van der Waals surface area contributed by atoms with Crippen LogP contribution in [0.5, 0.6) is 11.5 Å². The lowest BCUT2D eigenvalue weighted by atomic mass is 8.22. The number of methoxy groups -OCH3 is 2. The lowest BCUT2D eigenvalue weighted by Crippen LogP contribution is -2.97. The summed E-state index contributed by atoms with van der Waals surface area (Å²) in [5.41, 5.74) is 7.79. The van der Waals surface area contributed by atoms with Crippen LogP contribution in [0.4, 0.5) is 21.0 Å². The molecule has 2 aromatic rings. The van der Waals surface area contributed by atoms with E-state index in [1.54, 1.807) is 11.0 Å². The second kappa shape index (κ2) is 47.4. The quantitative estimate of drug-likeness (QED) is 0.0688. The van der Waals surface area contributed by atoms with Crippen LogP contribution in [0.3, 0.4) is 0 Å². The number of hydrogen-bond acceptors (Lipinski definition) is 8. The Morgan fingerprint density at radius 2 is 0.704 bits per heavy atom. The monoisotopic (exact) mass is 1300 g/mol. The van der Waals surface area contributed by atoms with Crippen LogP contribution in [0.25, 0.3) is 11.1 Å². The van der Waals surface area contributed by atoms with Crippen molar-refractivity contribution in [3.8, 4) is 11.5 Å². The number of ether oxygens (including phenoxy) is 4. The summed E-state index contributed by atoms with van der Waals surface area (Å²) in [5.74, 6) is 1.67. The van der Waals surface area contributed by atoms with Gasteiger partial charge < -0.3 is 18.9 Å². The number of anilines is 2. The molecule has 0 aromatic heterocycles. The Bertz CT molecular complexity index is 3150. The normalized spacial score (nSPS) is 13.0. The van der Waals surface area contributed by atoms with Gasteiger partial charge in [0.15, 0.2) is 0 Å². The zero-order valence-corrected chi connectivity index (χ0v) is 62.1. The summed E-state index contributed by atoms with van der Waals surface area (Å²) >= 11 is 0. The molecule has 0 saturated heterocycles. The van der Waals surface area contributed by atoms with Crippen LogP contribution in [0, 0.1) is 0 Å². The first-order valence-electron chi connectivity index (χ1n) is 35.6. The fraction of sp³-hybridized carbons (Fsp3) is 0.294. The van der Waals surface area contributed by atoms with E-state index in [1.807, 2.05) is 49.7 Å². The highest BCUT2D eigenvalue weighted by atomic mass is 16.5. The van der Waals surface area contributed by atoms with Crippen molar-refractivity contribution in [3.05, 3.63) is 83.2 Å². The van der Waals surface area contributed by atoms with E-state index in [2.05, 4.69) is 44.3 Å². The molecule has 4 aliphatic heterocycles. The highest BCUT2D eigenvalue weighted by Gasteiger charge is 2.63. The molecule has 420 valence electrons. The molecule has 2 amide bonds. The number of allylic oxidation sites excluding steroid dienone is 4. The number of amides is 2. The van der Waals surface area contributed by atoms with Gasteiger partial charge in [-0.15, -0.1) is 0 Å². The molecule has 1 N–H and O–H groups in total. The molecule has 0 bridgehead atoms. The third kappa shape index (κ3) is 27.0. The Hall–Kier alpha value is -0.964. The second-order valence-electron chi connectivity index (χ2n) is 28.0. The molecule has 4 aliphatic rings. The van der Waals surface area contributed by atoms with Gasteiger partial charge in [-0.3, -0.25) is 20.2 Å². The Morgan fingerprint density at radius 3 is 0.972 bits per heavy atom. The Kier molecular flexibility index (Phi) is 43.7. The van der Waals surface area contributed by atoms with Crippen LogP contribution in [-0.2, 0) is 9.47 Å². The van der Waals surface area contributed by atoms with Gasteiger partial charge in [0.2, 0.25) is 0 Å². The largest absolute Gasteiger partial charge is 0.493 e. The van der Waals surface area contributed by atoms with E-state index < -0.39 is 204 Å². The lowest BCUT2D eigenvalue weighted by Gasteiger charge is -2.59. The van der Waals surface area contributed by atoms with Gasteiger partial charge >= 0.3 is 12.2 Å². The van der Waals surface area contributed by atoms with E-state index in [0.29, 0.717) is 25.4 Å². The summed E-state index contributed by atoms with van der Waals surface area (Å²) < 4.78 is 20.9. The first-order valence-corrected chi connectivity index (χ1v) is 35.6. The number of carbonyl (C=O) groups excluding carboxylic acids is 2. The summed E-state index contributed by atoms with van der Waals surface area (Å²) in [6.07, 6.45) is -31.3. The van der Waals surface area contributed by atoms with Gasteiger partial charge in [0, 0.05) is 520 Å². The van der Waals surface area contributed by atoms with Gasteiger partial charge in [-0.25, -0.2) is 9.59 Å². The van der Waals surface area contributed by atoms with Gasteiger partial charge in [-0.2, -0.15) is 0 Å². The molecule has 0 fully saturated rings. The fourth-order valence-corrected chi connectivity index (χ4v) is 16.2. The van der Waals surface area contributed by atoms with Crippen molar-refractivity contribution < 1.29 is 28.5 Å². The molecule has 0 spiro atoms. The molecule has 2 aromatic carbocycles. The van der Waals surface area contributed by atoms with Gasteiger partial charge in [0.25, 0.3) is 0 Å². The van der Waals surface area contributed by atoms with Crippen molar-refractivity contribution in [2.45, 2.75) is 32.6 Å². The topological polar surface area (TPSA) is 111 Å². The van der Waals surface area contributed by atoms with Crippen molar-refractivity contribution in [2.24, 2.45) is 9.98 Å². The second-order valence-corrected chi connectivity index (χ2v) is 28.0. The molecule has 0 aliphatic carbocycles. The molecule has 74 heteroatoms. The van der Waals surface area contributed by atoms with Crippen LogP contribution in [0.1, 0.15) is 43.7 Å². The zero-order valence-electron chi connectivity index (χ0n) is 62.1. The highest BCUT2D eigenvalue weighted by Crippen LogP contribution is 2.38. The van der Waals surface area contributed by atoms with Crippen LogP contribution >= 0.6 is 0 Å². The van der Waals surface area contributed by atoms with Crippen molar-refractivity contribution in [3.63, 3.8) is 0 Å². The van der Waals surface area contributed by atoms with Gasteiger partial charge in [-0.05, 0) is 66.6 Å². The van der Waals surface area contributed by atoms with E-state index in [9.17, 15) is 9.59 Å². The summed E-state index contributed by atoms with van der Waals surface area (Å²) in [7, 11) is 222. The number of nitrogens with zero attached hydrogens (tertiary/aromatic N) is 3. The van der Waals surface area contributed by atoms with Crippen LogP contribution in [-0.4, -0.2) is 512 Å². The highest BCUT2D eigenvalue weighted by molar-refractivity contribution is 8.38. The maximum absolute atomic E-state index is 11.9. The summed E-state index contributed by atoms with van der Waals surface area (Å²) in [6.45, 7) is 3.77. The van der Waals surface area contributed by atoms with Crippen LogP contribution in [0.2, 0.25) is 0 Å². The number of fused-ring (bicyclic) bond motifs is 2. The maximum atomic E-state index is 11.9. The van der Waals surface area contributed by atoms with E-state index in [4.69, 9.17) is 270 Å². The third-order valence-corrected chi connectivity index (χ3v) is 20.7. The third-order valence-electron chi connectivity index (χ3n) is 20.7. The number of aliphatic imine (C=N–C) groups is 2. The Morgan fingerprint density at radius 1 is 0.407 bits per heavy atom. The molecule has 6 rings (SSSR count). The standard InChI is InChI=1S/C18H20N2O3.C16H16N2O3.B64/c1-3-20(18(21)22-2)15-6-7-17-16(12-15)13(8-10-23-17)11-14-5-4-9-19-14;1-20-16(19)18-13-4-5-15-14(10-13)11(6-8-21-15)9-12-3-2-7-17-12;1-34(2)50(33)58(49(31)32)62(57(47(27)28)48(29)30)64(61(55(43(19)20)44(21)22)56(45(23)24)46(25)26)63(59(51(35(3)4)36(5)6)52(37(7)8)38(9)10)60(53(39(11)12)40(13)14)54(41(15)16)42(17)18/h5-7,9,11-12H,3-4,8,10H2,1-2H3;3-5,7,9-10H,2,6,8H2,1H3,(H,18,19);/b13-11+;11-9+;. The first-order chi connectivity index (χ1) is 50.5. The molecule has 4 heterocycles. The summed E-state index contributed by atoms with van der Waals surface area (Å²) in [6, 6.07) is 11.3. The minimum atomic E-state index is -1.60. The molecule has 0 saturated carbocycles. The summed E-state index contributed by atoms with van der Waals surface area (Å²) in [4.78, 5) is 33.5. The number of carbonyl (C=O) groups is 2. The number of hydrogen-bond donors (Lipinski definition) is 1. The average molecular weight is 1290 g/mol. The lowest BCUT2D eigenvalue weighted by molar-refractivity contribution is 0.179. The van der Waals surface area contributed by atoms with E-state index >= 15 is 0 Å². The SMILES string of the molecule is CCN(C(=O)OC)c1ccc2c(c1)/C(=C/C1=CCC=N1)CCO2.COC(=O)Nc1ccc2c(c1)/C(=C/C1=CCC=N1)CCO2.[B]B([B])B([B])B(B([B])[B])B(B(B([B])[B])B([B])[B])B(B(B(B([B])[B])B([B])[B])B(B([B])[B])B([B])[B])B(B(B(B([B])[B])B([B])[B])B(B([B])[B])B([B])[B])B(B(B([B])[B])B([B])[B])B(B([B])[B])B([B])[B]. The molecule has 0 atom stereocenters. The smallest absolute Gasteiger partial charge is 0.413 e. The van der Waals surface area contributed by atoms with Gasteiger partial charge in [-0.1, -0.05) is 12.2 Å². The summed E-state index contributed by atoms with van der Waals surface area (Å²) in [5, 5.41) is 2.67. The molecule has 0 unspecified atom stereocenters. The molecular weight excluding hydrogens is 1250 g/mol. The fourth-order valence-electron chi connectivity index (χ4n) is 16.2. The van der Waals surface area contributed by atoms with Crippen molar-refractivity contribution in [1.82, 2.24) is 0 Å². The van der Waals surface area contributed by atoms with E-state index in [0.717, 1.165) is 71.0 Å². The number of benzene rings is 2. The Balaban J connectivity index is 0.000000442.